The lowest BCUT2D eigenvalue weighted by atomic mass is 9.97. The van der Waals surface area contributed by atoms with Gasteiger partial charge in [-0.3, -0.25) is 0 Å². The van der Waals surface area contributed by atoms with E-state index >= 15 is 0 Å². The zero-order valence-corrected chi connectivity index (χ0v) is 32.2. The molecule has 0 amide bonds. The first kappa shape index (κ1) is 41.6. The fourth-order valence-corrected chi connectivity index (χ4v) is 8.27. The van der Waals surface area contributed by atoms with Crippen molar-refractivity contribution in [2.45, 2.75) is 196 Å². The molecule has 15 heteroatoms. The SMILES string of the molecule is COC1CC(OC2C(C)OC(OC3C(C)OC(OC4C(C)OC(OC5C(C)OC(C)CC5OC)CC4OC)CC3OC)CC2OC)OC(C)C1O. The molecule has 51 heavy (non-hydrogen) atoms. The van der Waals surface area contributed by atoms with Gasteiger partial charge in [-0.05, 0) is 41.5 Å². The molecule has 0 aromatic carbocycles. The van der Waals surface area contributed by atoms with Crippen LogP contribution in [0.25, 0.3) is 0 Å². The molecule has 0 saturated carbocycles. The van der Waals surface area contributed by atoms with Crippen molar-refractivity contribution in [3.05, 3.63) is 0 Å². The van der Waals surface area contributed by atoms with E-state index in [0.717, 1.165) is 6.42 Å². The summed E-state index contributed by atoms with van der Waals surface area (Å²) in [6.07, 6.45) is -4.99. The van der Waals surface area contributed by atoms with Crippen molar-refractivity contribution in [2.24, 2.45) is 0 Å². The van der Waals surface area contributed by atoms with Crippen LogP contribution in [-0.4, -0.2) is 163 Å². The van der Waals surface area contributed by atoms with Crippen LogP contribution in [0.1, 0.15) is 73.6 Å². The van der Waals surface area contributed by atoms with Crippen LogP contribution in [-0.2, 0) is 66.3 Å². The molecule has 5 saturated heterocycles. The van der Waals surface area contributed by atoms with E-state index in [2.05, 4.69) is 0 Å². The minimum absolute atomic E-state index is 0.0895. The summed E-state index contributed by atoms with van der Waals surface area (Å²) in [5, 5.41) is 10.4. The van der Waals surface area contributed by atoms with Gasteiger partial charge in [-0.15, -0.1) is 0 Å². The Morgan fingerprint density at radius 2 is 0.647 bits per heavy atom. The van der Waals surface area contributed by atoms with Gasteiger partial charge in [-0.1, -0.05) is 0 Å². The molecule has 298 valence electrons. The fraction of sp³-hybridized carbons (Fsp3) is 1.00. The molecule has 5 aliphatic heterocycles. The van der Waals surface area contributed by atoms with Crippen molar-refractivity contribution in [3.8, 4) is 0 Å². The van der Waals surface area contributed by atoms with E-state index in [0.29, 0.717) is 25.7 Å². The topological polar surface area (TPSA) is 149 Å². The first-order valence-electron chi connectivity index (χ1n) is 18.6. The number of rotatable bonds is 13. The minimum atomic E-state index is -0.725. The minimum Gasteiger partial charge on any atom is -0.388 e. The van der Waals surface area contributed by atoms with E-state index < -0.39 is 55.7 Å². The summed E-state index contributed by atoms with van der Waals surface area (Å²) in [6, 6.07) is 0. The van der Waals surface area contributed by atoms with Crippen LogP contribution in [0.4, 0.5) is 0 Å². The van der Waals surface area contributed by atoms with Gasteiger partial charge in [0.25, 0.3) is 0 Å². The van der Waals surface area contributed by atoms with E-state index in [9.17, 15) is 5.11 Å². The zero-order chi connectivity index (χ0) is 37.0. The average molecular weight is 737 g/mol. The monoisotopic (exact) mass is 736 g/mol. The lowest BCUT2D eigenvalue weighted by Gasteiger charge is -2.47. The highest BCUT2D eigenvalue weighted by Crippen LogP contribution is 2.36. The summed E-state index contributed by atoms with van der Waals surface area (Å²) in [5.41, 5.74) is 0. The molecule has 0 aromatic rings. The molecule has 0 radical (unpaired) electrons. The molecule has 0 aliphatic carbocycles. The van der Waals surface area contributed by atoms with Gasteiger partial charge in [-0.25, -0.2) is 0 Å². The Morgan fingerprint density at radius 1 is 0.373 bits per heavy atom. The maximum absolute atomic E-state index is 10.4. The van der Waals surface area contributed by atoms with Gasteiger partial charge in [0.1, 0.15) is 30.5 Å². The van der Waals surface area contributed by atoms with Crippen LogP contribution in [0, 0.1) is 0 Å². The standard InChI is InChI=1S/C36H64O15/c1-17-12-24(39-8)33(19(3)43-17)49-29-14-26(41-10)35(21(5)45-29)51-31-16-27(42-11)36(22(6)47-31)50-30-15-25(40-9)34(20(4)46-30)48-28-13-23(38-7)32(37)18(2)44-28/h17-37H,12-16H2,1-11H3. The number of aliphatic hydroxyl groups excluding tert-OH is 1. The third-order valence-electron chi connectivity index (χ3n) is 11.1. The molecule has 20 atom stereocenters. The van der Waals surface area contributed by atoms with Crippen molar-refractivity contribution >= 4 is 0 Å². The van der Waals surface area contributed by atoms with Crippen molar-refractivity contribution in [3.63, 3.8) is 0 Å². The number of methoxy groups -OCH3 is 5. The van der Waals surface area contributed by atoms with Gasteiger partial charge >= 0.3 is 0 Å². The Balaban J connectivity index is 1.14. The van der Waals surface area contributed by atoms with Crippen LogP contribution < -0.4 is 0 Å². The van der Waals surface area contributed by atoms with E-state index in [1.54, 1.807) is 42.5 Å². The van der Waals surface area contributed by atoms with E-state index in [1.165, 1.54) is 0 Å². The summed E-state index contributed by atoms with van der Waals surface area (Å²) in [5.74, 6) is 0. The second-order valence-corrected chi connectivity index (χ2v) is 14.7. The van der Waals surface area contributed by atoms with Crippen LogP contribution in [0.2, 0.25) is 0 Å². The molecule has 20 unspecified atom stereocenters. The molecule has 1 N–H and O–H groups in total. The highest BCUT2D eigenvalue weighted by molar-refractivity contribution is 4.91. The summed E-state index contributed by atoms with van der Waals surface area (Å²) in [4.78, 5) is 0. The first-order valence-corrected chi connectivity index (χ1v) is 18.6. The molecule has 5 rings (SSSR count). The predicted octanol–water partition coefficient (Wildman–Crippen LogP) is 2.70. The van der Waals surface area contributed by atoms with Gasteiger partial charge in [0.05, 0.1) is 67.1 Å². The average Bonchev–Trinajstić information content (AvgIpc) is 3.10. The summed E-state index contributed by atoms with van der Waals surface area (Å²) in [6.45, 7) is 11.7. The normalized spacial score (nSPS) is 49.9. The van der Waals surface area contributed by atoms with Gasteiger partial charge in [-0.2, -0.15) is 0 Å². The maximum Gasteiger partial charge on any atom is 0.161 e. The number of aliphatic hydroxyl groups is 1. The second-order valence-electron chi connectivity index (χ2n) is 14.7. The zero-order valence-electron chi connectivity index (χ0n) is 32.2. The van der Waals surface area contributed by atoms with Crippen molar-refractivity contribution in [1.82, 2.24) is 0 Å². The number of ether oxygens (including phenoxy) is 14. The molecule has 5 fully saturated rings. The van der Waals surface area contributed by atoms with Gasteiger partial charge in [0, 0.05) is 67.7 Å². The van der Waals surface area contributed by atoms with E-state index in [4.69, 9.17) is 66.3 Å². The number of hydrogen-bond acceptors (Lipinski definition) is 15. The highest BCUT2D eigenvalue weighted by Gasteiger charge is 2.48. The molecular formula is C36H64O15. The predicted molar refractivity (Wildman–Crippen MR) is 180 cm³/mol. The summed E-state index contributed by atoms with van der Waals surface area (Å²) >= 11 is 0. The van der Waals surface area contributed by atoms with Crippen LogP contribution in [0.3, 0.4) is 0 Å². The van der Waals surface area contributed by atoms with Crippen LogP contribution >= 0.6 is 0 Å². The Labute approximate surface area is 303 Å². The van der Waals surface area contributed by atoms with E-state index in [-0.39, 0.29) is 67.1 Å². The van der Waals surface area contributed by atoms with Crippen molar-refractivity contribution < 1.29 is 71.4 Å². The Bertz CT molecular complexity index is 1040. The highest BCUT2D eigenvalue weighted by atomic mass is 16.8. The maximum atomic E-state index is 10.4. The van der Waals surface area contributed by atoms with Gasteiger partial charge in [0.2, 0.25) is 0 Å². The molecule has 5 aliphatic rings. The smallest absolute Gasteiger partial charge is 0.161 e. The lowest BCUT2D eigenvalue weighted by molar-refractivity contribution is -0.349. The van der Waals surface area contributed by atoms with Gasteiger partial charge in [0.15, 0.2) is 25.2 Å². The molecule has 15 nitrogen and oxygen atoms in total. The number of hydrogen-bond donors (Lipinski definition) is 1. The van der Waals surface area contributed by atoms with Crippen LogP contribution in [0.5, 0.6) is 0 Å². The van der Waals surface area contributed by atoms with Crippen molar-refractivity contribution in [2.75, 3.05) is 35.5 Å². The Morgan fingerprint density at radius 3 is 0.980 bits per heavy atom. The molecule has 0 aromatic heterocycles. The van der Waals surface area contributed by atoms with E-state index in [1.807, 2.05) is 34.6 Å². The molecule has 0 spiro atoms. The van der Waals surface area contributed by atoms with Crippen molar-refractivity contribution in [1.29, 1.82) is 0 Å². The third-order valence-corrected chi connectivity index (χ3v) is 11.1. The molecular weight excluding hydrogens is 672 g/mol. The fourth-order valence-electron chi connectivity index (χ4n) is 8.27. The lowest BCUT2D eigenvalue weighted by Crippen LogP contribution is -2.58. The molecule has 5 heterocycles. The summed E-state index contributed by atoms with van der Waals surface area (Å²) in [7, 11) is 8.26. The quantitative estimate of drug-likeness (QED) is 0.295. The first-order chi connectivity index (χ1) is 24.4. The Kier molecular flexibility index (Phi) is 15.3. The Hall–Kier alpha value is -0.600. The molecule has 0 bridgehead atoms. The van der Waals surface area contributed by atoms with Crippen LogP contribution in [0.15, 0.2) is 0 Å². The van der Waals surface area contributed by atoms with Gasteiger partial charge < -0.3 is 71.4 Å². The summed E-state index contributed by atoms with van der Waals surface area (Å²) < 4.78 is 85.9. The largest absolute Gasteiger partial charge is 0.388 e. The second kappa shape index (κ2) is 18.8. The third kappa shape index (κ3) is 9.99.